The first-order chi connectivity index (χ1) is 9.75. The summed E-state index contributed by atoms with van der Waals surface area (Å²) in [6.45, 7) is 2.94. The predicted molar refractivity (Wildman–Crippen MR) is 85.6 cm³/mol. The fourth-order valence-corrected chi connectivity index (χ4v) is 2.89. The molecule has 3 heteroatoms. The summed E-state index contributed by atoms with van der Waals surface area (Å²) in [6.07, 6.45) is 0. The lowest BCUT2D eigenvalue weighted by Crippen LogP contribution is -2.02. The average molecular weight is 327 g/mol. The van der Waals surface area contributed by atoms with Crippen LogP contribution in [0.25, 0.3) is 11.3 Å². The SMILES string of the molecule is Cc1c(-c2ccccc2)nc(Br)n1Cc1ccccc1. The fraction of sp³-hybridized carbons (Fsp3) is 0.118. The first-order valence-electron chi connectivity index (χ1n) is 6.57. The molecular formula is C17H15BrN2. The summed E-state index contributed by atoms with van der Waals surface area (Å²) in [5.74, 6) is 0. The van der Waals surface area contributed by atoms with Crippen molar-refractivity contribution in [2.24, 2.45) is 0 Å². The Morgan fingerprint density at radius 2 is 1.55 bits per heavy atom. The lowest BCUT2D eigenvalue weighted by Gasteiger charge is -2.07. The van der Waals surface area contributed by atoms with Gasteiger partial charge in [-0.05, 0) is 28.4 Å². The van der Waals surface area contributed by atoms with Crippen LogP contribution >= 0.6 is 15.9 Å². The van der Waals surface area contributed by atoms with Crippen LogP contribution in [-0.2, 0) is 6.54 Å². The lowest BCUT2D eigenvalue weighted by molar-refractivity contribution is 0.750. The fourth-order valence-electron chi connectivity index (χ4n) is 2.32. The number of hydrogen-bond donors (Lipinski definition) is 0. The monoisotopic (exact) mass is 326 g/mol. The Labute approximate surface area is 127 Å². The van der Waals surface area contributed by atoms with E-state index in [1.807, 2.05) is 24.3 Å². The third-order valence-corrected chi connectivity index (χ3v) is 4.01. The van der Waals surface area contributed by atoms with Crippen molar-refractivity contribution in [2.75, 3.05) is 0 Å². The second kappa shape index (κ2) is 5.63. The molecule has 0 saturated heterocycles. The molecule has 2 aromatic carbocycles. The Morgan fingerprint density at radius 1 is 0.950 bits per heavy atom. The van der Waals surface area contributed by atoms with Crippen molar-refractivity contribution in [3.8, 4) is 11.3 Å². The molecule has 20 heavy (non-hydrogen) atoms. The van der Waals surface area contributed by atoms with Crippen molar-refractivity contribution in [1.29, 1.82) is 0 Å². The smallest absolute Gasteiger partial charge is 0.178 e. The van der Waals surface area contributed by atoms with E-state index in [1.54, 1.807) is 0 Å². The molecule has 0 fully saturated rings. The van der Waals surface area contributed by atoms with Gasteiger partial charge in [0.05, 0.1) is 5.69 Å². The highest BCUT2D eigenvalue weighted by molar-refractivity contribution is 9.10. The van der Waals surface area contributed by atoms with Gasteiger partial charge in [0.25, 0.3) is 0 Å². The van der Waals surface area contributed by atoms with E-state index in [4.69, 9.17) is 0 Å². The van der Waals surface area contributed by atoms with Gasteiger partial charge in [0.2, 0.25) is 0 Å². The van der Waals surface area contributed by atoms with Crippen LogP contribution in [-0.4, -0.2) is 9.55 Å². The maximum Gasteiger partial charge on any atom is 0.178 e. The maximum absolute atomic E-state index is 4.66. The summed E-state index contributed by atoms with van der Waals surface area (Å²) in [5, 5.41) is 0. The van der Waals surface area contributed by atoms with Gasteiger partial charge in [0, 0.05) is 17.8 Å². The summed E-state index contributed by atoms with van der Waals surface area (Å²) in [4.78, 5) is 4.66. The Bertz CT molecular complexity index is 703. The van der Waals surface area contributed by atoms with Crippen molar-refractivity contribution < 1.29 is 0 Å². The van der Waals surface area contributed by atoms with E-state index in [1.165, 1.54) is 11.3 Å². The second-order valence-corrected chi connectivity index (χ2v) is 5.46. The van der Waals surface area contributed by atoms with Gasteiger partial charge in [0.1, 0.15) is 0 Å². The van der Waals surface area contributed by atoms with E-state index in [2.05, 4.69) is 68.8 Å². The quantitative estimate of drug-likeness (QED) is 0.683. The number of hydrogen-bond acceptors (Lipinski definition) is 1. The molecule has 0 amide bonds. The van der Waals surface area contributed by atoms with Crippen LogP contribution in [0.4, 0.5) is 0 Å². The average Bonchev–Trinajstić information content (AvgIpc) is 2.77. The van der Waals surface area contributed by atoms with Crippen LogP contribution < -0.4 is 0 Å². The lowest BCUT2D eigenvalue weighted by atomic mass is 10.1. The van der Waals surface area contributed by atoms with Crippen molar-refractivity contribution >= 4 is 15.9 Å². The summed E-state index contributed by atoms with van der Waals surface area (Å²) in [6, 6.07) is 20.7. The normalized spacial score (nSPS) is 10.7. The van der Waals surface area contributed by atoms with Crippen molar-refractivity contribution in [3.63, 3.8) is 0 Å². The molecule has 100 valence electrons. The molecule has 0 saturated carbocycles. The molecule has 0 atom stereocenters. The van der Waals surface area contributed by atoms with Gasteiger partial charge in [-0.1, -0.05) is 60.7 Å². The topological polar surface area (TPSA) is 17.8 Å². The van der Waals surface area contributed by atoms with Crippen LogP contribution in [0.15, 0.2) is 65.4 Å². The molecule has 0 aliphatic rings. The maximum atomic E-state index is 4.66. The molecule has 1 heterocycles. The van der Waals surface area contributed by atoms with Crippen LogP contribution in [0, 0.1) is 6.92 Å². The number of nitrogens with zero attached hydrogens (tertiary/aromatic N) is 2. The molecule has 0 aliphatic heterocycles. The van der Waals surface area contributed by atoms with E-state index in [9.17, 15) is 0 Å². The molecule has 3 aromatic rings. The molecule has 0 aliphatic carbocycles. The summed E-state index contributed by atoms with van der Waals surface area (Å²) < 4.78 is 3.07. The minimum Gasteiger partial charge on any atom is -0.318 e. The number of benzene rings is 2. The minimum absolute atomic E-state index is 0.826. The van der Waals surface area contributed by atoms with Gasteiger partial charge >= 0.3 is 0 Å². The molecule has 1 aromatic heterocycles. The van der Waals surface area contributed by atoms with Crippen molar-refractivity contribution in [1.82, 2.24) is 9.55 Å². The van der Waals surface area contributed by atoms with E-state index in [-0.39, 0.29) is 0 Å². The predicted octanol–water partition coefficient (Wildman–Crippen LogP) is 4.67. The molecule has 2 nitrogen and oxygen atoms in total. The summed E-state index contributed by atoms with van der Waals surface area (Å²) in [7, 11) is 0. The number of imidazole rings is 1. The van der Waals surface area contributed by atoms with Crippen molar-refractivity contribution in [2.45, 2.75) is 13.5 Å². The van der Waals surface area contributed by atoms with E-state index >= 15 is 0 Å². The molecule has 0 N–H and O–H groups in total. The molecule has 0 unspecified atom stereocenters. The Morgan fingerprint density at radius 3 is 2.20 bits per heavy atom. The van der Waals surface area contributed by atoms with Crippen LogP contribution in [0.5, 0.6) is 0 Å². The van der Waals surface area contributed by atoms with Gasteiger partial charge in [-0.15, -0.1) is 0 Å². The van der Waals surface area contributed by atoms with Crippen LogP contribution in [0.3, 0.4) is 0 Å². The molecular weight excluding hydrogens is 312 g/mol. The van der Waals surface area contributed by atoms with Crippen molar-refractivity contribution in [3.05, 3.63) is 76.7 Å². The Balaban J connectivity index is 1.99. The van der Waals surface area contributed by atoms with E-state index < -0.39 is 0 Å². The van der Waals surface area contributed by atoms with Gasteiger partial charge in [0.15, 0.2) is 4.73 Å². The van der Waals surface area contributed by atoms with Crippen LogP contribution in [0.1, 0.15) is 11.3 Å². The zero-order chi connectivity index (χ0) is 13.9. The minimum atomic E-state index is 0.826. The first-order valence-corrected chi connectivity index (χ1v) is 7.37. The van der Waals surface area contributed by atoms with Gasteiger partial charge in [-0.2, -0.15) is 0 Å². The molecule has 0 radical (unpaired) electrons. The molecule has 3 rings (SSSR count). The Kier molecular flexibility index (Phi) is 3.70. The zero-order valence-electron chi connectivity index (χ0n) is 11.3. The molecule has 0 spiro atoms. The number of halogens is 1. The van der Waals surface area contributed by atoms with Gasteiger partial charge < -0.3 is 4.57 Å². The number of rotatable bonds is 3. The Hall–Kier alpha value is -1.87. The third-order valence-electron chi connectivity index (χ3n) is 3.41. The third kappa shape index (κ3) is 2.54. The largest absolute Gasteiger partial charge is 0.318 e. The summed E-state index contributed by atoms with van der Waals surface area (Å²) >= 11 is 3.57. The zero-order valence-corrected chi connectivity index (χ0v) is 12.8. The number of aromatic nitrogens is 2. The van der Waals surface area contributed by atoms with E-state index in [0.717, 1.165) is 22.5 Å². The van der Waals surface area contributed by atoms with Gasteiger partial charge in [-0.3, -0.25) is 0 Å². The second-order valence-electron chi connectivity index (χ2n) is 4.75. The highest BCUT2D eigenvalue weighted by Crippen LogP contribution is 2.26. The summed E-state index contributed by atoms with van der Waals surface area (Å²) in [5.41, 5.74) is 4.63. The van der Waals surface area contributed by atoms with Gasteiger partial charge in [-0.25, -0.2) is 4.98 Å². The van der Waals surface area contributed by atoms with Crippen LogP contribution in [0.2, 0.25) is 0 Å². The highest BCUT2D eigenvalue weighted by atomic mass is 79.9. The van der Waals surface area contributed by atoms with E-state index in [0.29, 0.717) is 0 Å². The first kappa shape index (κ1) is 13.1. The highest BCUT2D eigenvalue weighted by Gasteiger charge is 2.13. The molecule has 0 bridgehead atoms. The standard InChI is InChI=1S/C17H15BrN2/c1-13-16(15-10-6-3-7-11-15)19-17(18)20(13)12-14-8-4-2-5-9-14/h2-11H,12H2,1H3.